The van der Waals surface area contributed by atoms with Gasteiger partial charge in [-0.3, -0.25) is 14.2 Å². The predicted octanol–water partition coefficient (Wildman–Crippen LogP) is 1.28. The summed E-state index contributed by atoms with van der Waals surface area (Å²) in [6.07, 6.45) is 0. The van der Waals surface area contributed by atoms with Gasteiger partial charge in [-0.2, -0.15) is 0 Å². The first-order chi connectivity index (χ1) is 11.8. The number of aromatic hydroxyl groups is 1. The molecule has 0 bridgehead atoms. The Morgan fingerprint density at radius 3 is 2.96 bits per heavy atom. The first-order valence-electron chi connectivity index (χ1n) is 7.80. The molecule has 8 heteroatoms. The van der Waals surface area contributed by atoms with Gasteiger partial charge in [-0.25, -0.2) is 9.37 Å². The van der Waals surface area contributed by atoms with E-state index in [-0.39, 0.29) is 24.6 Å². The lowest BCUT2D eigenvalue weighted by Gasteiger charge is -2.32. The van der Waals surface area contributed by atoms with Crippen molar-refractivity contribution in [3.05, 3.63) is 57.5 Å². The van der Waals surface area contributed by atoms with Gasteiger partial charge in [-0.05, 0) is 31.5 Å². The first-order valence-corrected chi connectivity index (χ1v) is 7.80. The van der Waals surface area contributed by atoms with Gasteiger partial charge in [0.2, 0.25) is 5.75 Å². The molecule has 0 saturated carbocycles. The quantitative estimate of drug-likeness (QED) is 0.872. The lowest BCUT2D eigenvalue weighted by atomic mass is 10.1. The van der Waals surface area contributed by atoms with Crippen LogP contribution in [0.4, 0.5) is 4.39 Å². The highest BCUT2D eigenvalue weighted by molar-refractivity contribution is 5.94. The third-order valence-electron chi connectivity index (χ3n) is 4.02. The third-order valence-corrected chi connectivity index (χ3v) is 4.02. The zero-order chi connectivity index (χ0) is 18.2. The number of amides is 1. The van der Waals surface area contributed by atoms with Crippen molar-refractivity contribution >= 4 is 5.91 Å². The number of hydrogen-bond donors (Lipinski definition) is 2. The van der Waals surface area contributed by atoms with Crippen LogP contribution < -0.4 is 10.9 Å². The second-order valence-electron chi connectivity index (χ2n) is 6.26. The molecule has 0 spiro atoms. The Morgan fingerprint density at radius 1 is 1.48 bits per heavy atom. The standard InChI is InChI=1S/C17H18FN3O4/c1-17(2)16-20-12(13(22)15(24)21(16)6-7-25-17)14(23)19-9-10-4-3-5-11(18)8-10/h3-5,8,22H,6-7,9H2,1-2H3,(H,19,23). The van der Waals surface area contributed by atoms with Crippen molar-refractivity contribution in [3.8, 4) is 5.75 Å². The Labute approximate surface area is 143 Å². The summed E-state index contributed by atoms with van der Waals surface area (Å²) in [7, 11) is 0. The van der Waals surface area contributed by atoms with Crippen molar-refractivity contribution in [3.63, 3.8) is 0 Å². The summed E-state index contributed by atoms with van der Waals surface area (Å²) < 4.78 is 20.1. The van der Waals surface area contributed by atoms with Crippen molar-refractivity contribution in [2.24, 2.45) is 0 Å². The lowest BCUT2D eigenvalue weighted by molar-refractivity contribution is -0.0566. The van der Waals surface area contributed by atoms with Crippen LogP contribution in [0.5, 0.6) is 5.75 Å². The topological polar surface area (TPSA) is 93.5 Å². The van der Waals surface area contributed by atoms with E-state index in [2.05, 4.69) is 10.3 Å². The summed E-state index contributed by atoms with van der Waals surface area (Å²) in [5, 5.41) is 12.6. The van der Waals surface area contributed by atoms with Crippen LogP contribution in [0, 0.1) is 5.82 Å². The highest BCUT2D eigenvalue weighted by atomic mass is 19.1. The molecule has 3 rings (SSSR count). The molecule has 0 saturated heterocycles. The monoisotopic (exact) mass is 347 g/mol. The molecule has 7 nitrogen and oxygen atoms in total. The number of carbonyl (C=O) groups is 1. The average molecular weight is 347 g/mol. The minimum Gasteiger partial charge on any atom is -0.501 e. The Morgan fingerprint density at radius 2 is 2.24 bits per heavy atom. The van der Waals surface area contributed by atoms with Gasteiger partial charge in [-0.15, -0.1) is 0 Å². The van der Waals surface area contributed by atoms with Crippen LogP contribution in [-0.2, 0) is 23.4 Å². The number of nitrogens with zero attached hydrogens (tertiary/aromatic N) is 2. The molecular weight excluding hydrogens is 329 g/mol. The Balaban J connectivity index is 1.90. The minimum absolute atomic E-state index is 0.0377. The van der Waals surface area contributed by atoms with Crippen LogP contribution >= 0.6 is 0 Å². The summed E-state index contributed by atoms with van der Waals surface area (Å²) in [6, 6.07) is 5.75. The second-order valence-corrected chi connectivity index (χ2v) is 6.26. The van der Waals surface area contributed by atoms with Gasteiger partial charge in [0.05, 0.1) is 13.2 Å². The van der Waals surface area contributed by atoms with E-state index in [0.717, 1.165) is 0 Å². The van der Waals surface area contributed by atoms with Crippen molar-refractivity contribution < 1.29 is 19.0 Å². The lowest BCUT2D eigenvalue weighted by Crippen LogP contribution is -2.42. The molecule has 2 aromatic rings. The van der Waals surface area contributed by atoms with Gasteiger partial charge < -0.3 is 15.2 Å². The SMILES string of the molecule is CC1(C)OCCn2c1nc(C(=O)NCc1cccc(F)c1)c(O)c2=O. The van der Waals surface area contributed by atoms with Crippen molar-refractivity contribution in [2.75, 3.05) is 6.61 Å². The van der Waals surface area contributed by atoms with E-state index in [1.54, 1.807) is 19.9 Å². The fourth-order valence-electron chi connectivity index (χ4n) is 2.74. The molecule has 0 radical (unpaired) electrons. The highest BCUT2D eigenvalue weighted by Gasteiger charge is 2.34. The zero-order valence-corrected chi connectivity index (χ0v) is 13.9. The van der Waals surface area contributed by atoms with E-state index >= 15 is 0 Å². The molecule has 2 N–H and O–H groups in total. The molecule has 0 fully saturated rings. The highest BCUT2D eigenvalue weighted by Crippen LogP contribution is 2.27. The molecule has 0 atom stereocenters. The van der Waals surface area contributed by atoms with Gasteiger partial charge in [0.25, 0.3) is 11.5 Å². The van der Waals surface area contributed by atoms with Gasteiger partial charge in [0.1, 0.15) is 17.2 Å². The molecule has 1 amide bonds. The van der Waals surface area contributed by atoms with Crippen LogP contribution in [0.1, 0.15) is 35.7 Å². The van der Waals surface area contributed by atoms with Crippen LogP contribution in [0.3, 0.4) is 0 Å². The van der Waals surface area contributed by atoms with E-state index in [9.17, 15) is 19.1 Å². The number of halogens is 1. The fraction of sp³-hybridized carbons (Fsp3) is 0.353. The smallest absolute Gasteiger partial charge is 0.296 e. The summed E-state index contributed by atoms with van der Waals surface area (Å²) in [5.74, 6) is -1.57. The molecule has 0 unspecified atom stereocenters. The van der Waals surface area contributed by atoms with Gasteiger partial charge in [0.15, 0.2) is 5.69 Å². The maximum atomic E-state index is 13.2. The molecule has 1 aromatic carbocycles. The molecule has 0 aliphatic carbocycles. The van der Waals surface area contributed by atoms with Crippen molar-refractivity contribution in [1.82, 2.24) is 14.9 Å². The van der Waals surface area contributed by atoms with E-state index in [0.29, 0.717) is 12.2 Å². The van der Waals surface area contributed by atoms with Crippen LogP contribution in [0.2, 0.25) is 0 Å². The van der Waals surface area contributed by atoms with Crippen molar-refractivity contribution in [2.45, 2.75) is 32.5 Å². The predicted molar refractivity (Wildman–Crippen MR) is 86.7 cm³/mol. The number of nitrogens with one attached hydrogen (secondary N) is 1. The second kappa shape index (κ2) is 6.29. The number of fused-ring (bicyclic) bond motifs is 1. The maximum absolute atomic E-state index is 13.2. The number of carbonyl (C=O) groups excluding carboxylic acids is 1. The van der Waals surface area contributed by atoms with E-state index < -0.39 is 28.6 Å². The summed E-state index contributed by atoms with van der Waals surface area (Å²) in [6.45, 7) is 4.07. The minimum atomic E-state index is -0.858. The van der Waals surface area contributed by atoms with E-state index in [1.807, 2.05) is 0 Å². The van der Waals surface area contributed by atoms with E-state index in [1.165, 1.54) is 22.8 Å². The van der Waals surface area contributed by atoms with E-state index in [4.69, 9.17) is 4.74 Å². The number of benzene rings is 1. The Bertz CT molecular complexity index is 892. The normalized spacial score (nSPS) is 15.5. The summed E-state index contributed by atoms with van der Waals surface area (Å²) in [5.41, 5.74) is -1.36. The molecular formula is C17H18FN3O4. The molecule has 1 aromatic heterocycles. The molecule has 1 aliphatic heterocycles. The van der Waals surface area contributed by atoms with Gasteiger partial charge in [-0.1, -0.05) is 12.1 Å². The third kappa shape index (κ3) is 3.25. The number of rotatable bonds is 3. The largest absolute Gasteiger partial charge is 0.501 e. The zero-order valence-electron chi connectivity index (χ0n) is 13.9. The van der Waals surface area contributed by atoms with Gasteiger partial charge in [0, 0.05) is 6.54 Å². The molecule has 132 valence electrons. The maximum Gasteiger partial charge on any atom is 0.296 e. The first kappa shape index (κ1) is 17.1. The Hall–Kier alpha value is -2.74. The summed E-state index contributed by atoms with van der Waals surface area (Å²) in [4.78, 5) is 28.8. The summed E-state index contributed by atoms with van der Waals surface area (Å²) >= 11 is 0. The van der Waals surface area contributed by atoms with Crippen molar-refractivity contribution in [1.29, 1.82) is 0 Å². The van der Waals surface area contributed by atoms with Crippen LogP contribution in [0.25, 0.3) is 0 Å². The number of aromatic nitrogens is 2. The van der Waals surface area contributed by atoms with Crippen LogP contribution in [0.15, 0.2) is 29.1 Å². The van der Waals surface area contributed by atoms with Crippen LogP contribution in [-0.4, -0.2) is 27.2 Å². The molecule has 25 heavy (non-hydrogen) atoms. The van der Waals surface area contributed by atoms with Gasteiger partial charge >= 0.3 is 0 Å². The average Bonchev–Trinajstić information content (AvgIpc) is 2.56. The number of ether oxygens (including phenoxy) is 1. The molecule has 2 heterocycles. The number of hydrogen-bond acceptors (Lipinski definition) is 5. The fourth-order valence-corrected chi connectivity index (χ4v) is 2.74. The Kier molecular flexibility index (Phi) is 4.30. The molecule has 1 aliphatic rings.